The zero-order valence-electron chi connectivity index (χ0n) is 10.9. The maximum absolute atomic E-state index is 13.3. The van der Waals surface area contributed by atoms with Gasteiger partial charge in [-0.05, 0) is 66.8 Å². The molecule has 0 saturated heterocycles. The van der Waals surface area contributed by atoms with E-state index in [1.165, 1.54) is 24.3 Å². The molecule has 0 radical (unpaired) electrons. The second kappa shape index (κ2) is 5.70. The lowest BCUT2D eigenvalue weighted by Gasteiger charge is -2.16. The summed E-state index contributed by atoms with van der Waals surface area (Å²) in [5, 5.41) is -0.244. The molecule has 0 bridgehead atoms. The topological polar surface area (TPSA) is 0 Å². The van der Waals surface area contributed by atoms with E-state index in [4.69, 9.17) is 11.6 Å². The molecule has 0 amide bonds. The first-order valence-electron chi connectivity index (χ1n) is 6.12. The van der Waals surface area contributed by atoms with E-state index >= 15 is 0 Å². The summed E-state index contributed by atoms with van der Waals surface area (Å²) in [6.45, 7) is 3.71. The molecule has 0 aliphatic heterocycles. The van der Waals surface area contributed by atoms with Crippen molar-refractivity contribution in [2.45, 2.75) is 25.6 Å². The van der Waals surface area contributed by atoms with Gasteiger partial charge in [0.05, 0.1) is 5.38 Å². The van der Waals surface area contributed by atoms with Crippen molar-refractivity contribution in [3.05, 3.63) is 70.3 Å². The quantitative estimate of drug-likeness (QED) is 0.686. The molecule has 0 saturated carbocycles. The monoisotopic (exact) mass is 280 g/mol. The van der Waals surface area contributed by atoms with Crippen LogP contribution in [0.3, 0.4) is 0 Å². The minimum Gasteiger partial charge on any atom is -0.207 e. The van der Waals surface area contributed by atoms with Crippen LogP contribution in [0, 0.1) is 25.5 Å². The Morgan fingerprint density at radius 3 is 2.00 bits per heavy atom. The Kier molecular flexibility index (Phi) is 4.20. The molecule has 2 rings (SSSR count). The maximum atomic E-state index is 13.3. The van der Waals surface area contributed by atoms with Crippen molar-refractivity contribution >= 4 is 11.6 Å². The van der Waals surface area contributed by atoms with Crippen molar-refractivity contribution in [2.75, 3.05) is 0 Å². The van der Waals surface area contributed by atoms with Gasteiger partial charge in [-0.3, -0.25) is 0 Å². The van der Waals surface area contributed by atoms with Gasteiger partial charge in [0.1, 0.15) is 11.6 Å². The first kappa shape index (κ1) is 14.0. The third kappa shape index (κ3) is 3.32. The van der Waals surface area contributed by atoms with Gasteiger partial charge in [0.25, 0.3) is 0 Å². The Balaban J connectivity index is 2.25. The van der Waals surface area contributed by atoms with E-state index < -0.39 is 0 Å². The molecule has 0 heterocycles. The molecule has 2 aromatic carbocycles. The van der Waals surface area contributed by atoms with E-state index in [0.29, 0.717) is 6.42 Å². The van der Waals surface area contributed by atoms with Crippen LogP contribution in [0.2, 0.25) is 0 Å². The molecule has 0 nitrogen and oxygen atoms in total. The maximum Gasteiger partial charge on any atom is 0.123 e. The van der Waals surface area contributed by atoms with Gasteiger partial charge in [-0.15, -0.1) is 11.6 Å². The predicted octanol–water partition coefficient (Wildman–Crippen LogP) is 5.10. The van der Waals surface area contributed by atoms with Crippen molar-refractivity contribution in [1.29, 1.82) is 0 Å². The highest BCUT2D eigenvalue weighted by Crippen LogP contribution is 2.31. The van der Waals surface area contributed by atoms with Crippen molar-refractivity contribution in [2.24, 2.45) is 0 Å². The van der Waals surface area contributed by atoms with E-state index in [9.17, 15) is 8.78 Å². The van der Waals surface area contributed by atoms with Crippen molar-refractivity contribution in [1.82, 2.24) is 0 Å². The number of hydrogen-bond donors (Lipinski definition) is 0. The summed E-state index contributed by atoms with van der Waals surface area (Å²) in [6.07, 6.45) is 0.592. The zero-order valence-corrected chi connectivity index (χ0v) is 11.6. The largest absolute Gasteiger partial charge is 0.207 e. The fourth-order valence-electron chi connectivity index (χ4n) is 2.35. The van der Waals surface area contributed by atoms with Crippen LogP contribution < -0.4 is 0 Å². The highest BCUT2D eigenvalue weighted by atomic mass is 35.5. The molecule has 19 heavy (non-hydrogen) atoms. The molecule has 0 aliphatic carbocycles. The third-order valence-electron chi connectivity index (χ3n) is 3.20. The number of rotatable bonds is 3. The van der Waals surface area contributed by atoms with E-state index in [1.807, 2.05) is 13.8 Å². The van der Waals surface area contributed by atoms with Gasteiger partial charge in [-0.1, -0.05) is 12.1 Å². The van der Waals surface area contributed by atoms with Gasteiger partial charge in [0.15, 0.2) is 0 Å². The van der Waals surface area contributed by atoms with Gasteiger partial charge in [0, 0.05) is 0 Å². The molecule has 0 N–H and O–H groups in total. The zero-order chi connectivity index (χ0) is 14.0. The Morgan fingerprint density at radius 2 is 1.47 bits per heavy atom. The second-order valence-electron chi connectivity index (χ2n) is 4.75. The molecule has 0 spiro atoms. The Labute approximate surface area is 117 Å². The van der Waals surface area contributed by atoms with Gasteiger partial charge >= 0.3 is 0 Å². The second-order valence-corrected chi connectivity index (χ2v) is 5.28. The molecule has 2 aromatic rings. The Hall–Kier alpha value is -1.41. The summed E-state index contributed by atoms with van der Waals surface area (Å²) >= 11 is 6.43. The number of aryl methyl sites for hydroxylation is 2. The molecule has 1 unspecified atom stereocenters. The van der Waals surface area contributed by atoms with Crippen molar-refractivity contribution in [3.63, 3.8) is 0 Å². The van der Waals surface area contributed by atoms with E-state index in [0.717, 1.165) is 22.3 Å². The van der Waals surface area contributed by atoms with Gasteiger partial charge < -0.3 is 0 Å². The summed E-state index contributed by atoms with van der Waals surface area (Å²) in [7, 11) is 0. The highest BCUT2D eigenvalue weighted by Gasteiger charge is 2.15. The first-order valence-corrected chi connectivity index (χ1v) is 6.56. The third-order valence-corrected chi connectivity index (χ3v) is 3.57. The molecule has 0 aromatic heterocycles. The average Bonchev–Trinajstić information content (AvgIpc) is 2.30. The van der Waals surface area contributed by atoms with E-state index in [1.54, 1.807) is 12.1 Å². The molecular weight excluding hydrogens is 266 g/mol. The summed E-state index contributed by atoms with van der Waals surface area (Å²) in [5.74, 6) is -0.506. The van der Waals surface area contributed by atoms with E-state index in [-0.39, 0.29) is 17.0 Å². The van der Waals surface area contributed by atoms with Crippen LogP contribution in [-0.4, -0.2) is 0 Å². The lowest BCUT2D eigenvalue weighted by molar-refractivity contribution is 0.623. The predicted molar refractivity (Wildman–Crippen MR) is 74.6 cm³/mol. The minimum absolute atomic E-state index is 0.244. The molecule has 0 fully saturated rings. The molecule has 1 atom stereocenters. The number of halogens is 3. The minimum atomic E-state index is -0.260. The summed E-state index contributed by atoms with van der Waals surface area (Å²) < 4.78 is 26.1. The smallest absolute Gasteiger partial charge is 0.123 e. The Morgan fingerprint density at radius 1 is 0.947 bits per heavy atom. The molecule has 100 valence electrons. The summed E-state index contributed by atoms with van der Waals surface area (Å²) in [4.78, 5) is 0. The van der Waals surface area contributed by atoms with Gasteiger partial charge in [-0.25, -0.2) is 8.78 Å². The first-order chi connectivity index (χ1) is 8.97. The lowest BCUT2D eigenvalue weighted by Crippen LogP contribution is -2.02. The van der Waals surface area contributed by atoms with Gasteiger partial charge in [0.2, 0.25) is 0 Å². The number of benzene rings is 2. The highest BCUT2D eigenvalue weighted by molar-refractivity contribution is 6.21. The molecule has 0 aliphatic rings. The number of alkyl halides is 1. The average molecular weight is 281 g/mol. The normalized spacial score (nSPS) is 12.5. The van der Waals surface area contributed by atoms with Crippen molar-refractivity contribution in [3.8, 4) is 0 Å². The van der Waals surface area contributed by atoms with Crippen molar-refractivity contribution < 1.29 is 8.78 Å². The van der Waals surface area contributed by atoms with Crippen LogP contribution >= 0.6 is 11.6 Å². The Bertz CT molecular complexity index is 553. The standard InChI is InChI=1S/C16H15ClF2/c1-10-7-14(19)8-11(2)16(10)15(17)9-12-3-5-13(18)6-4-12/h3-8,15H,9H2,1-2H3. The van der Waals surface area contributed by atoms with Crippen LogP contribution in [0.15, 0.2) is 36.4 Å². The SMILES string of the molecule is Cc1cc(F)cc(C)c1C(Cl)Cc1ccc(F)cc1. The van der Waals surface area contributed by atoms with Crippen LogP contribution in [-0.2, 0) is 6.42 Å². The fourth-order valence-corrected chi connectivity index (χ4v) is 2.87. The van der Waals surface area contributed by atoms with Crippen LogP contribution in [0.25, 0.3) is 0 Å². The molecular formula is C16H15ClF2. The van der Waals surface area contributed by atoms with Crippen LogP contribution in [0.5, 0.6) is 0 Å². The lowest BCUT2D eigenvalue weighted by atomic mass is 9.95. The van der Waals surface area contributed by atoms with E-state index in [2.05, 4.69) is 0 Å². The van der Waals surface area contributed by atoms with Crippen LogP contribution in [0.1, 0.15) is 27.6 Å². The number of hydrogen-bond acceptors (Lipinski definition) is 0. The summed E-state index contributed by atoms with van der Waals surface area (Å²) in [5.41, 5.74) is 3.61. The van der Waals surface area contributed by atoms with Crippen LogP contribution in [0.4, 0.5) is 8.78 Å². The van der Waals surface area contributed by atoms with Gasteiger partial charge in [-0.2, -0.15) is 0 Å². The molecule has 3 heteroatoms. The summed E-state index contributed by atoms with van der Waals surface area (Å²) in [6, 6.07) is 9.26. The fraction of sp³-hybridized carbons (Fsp3) is 0.250.